The molecule has 1 unspecified atom stereocenters. The summed E-state index contributed by atoms with van der Waals surface area (Å²) in [4.78, 5) is 14.0. The Bertz CT molecular complexity index is 259. The quantitative estimate of drug-likeness (QED) is 0.803. The summed E-state index contributed by atoms with van der Waals surface area (Å²) in [7, 11) is 1.95. The van der Waals surface area contributed by atoms with E-state index in [1.165, 1.54) is 6.42 Å². The van der Waals surface area contributed by atoms with Gasteiger partial charge < -0.3 is 15.0 Å². The van der Waals surface area contributed by atoms with Gasteiger partial charge in [0.1, 0.15) is 0 Å². The molecule has 1 amide bonds. The third-order valence-corrected chi connectivity index (χ3v) is 4.23. The van der Waals surface area contributed by atoms with Crippen LogP contribution >= 0.6 is 0 Å². The van der Waals surface area contributed by atoms with Crippen LogP contribution < -0.4 is 5.32 Å². The fourth-order valence-corrected chi connectivity index (χ4v) is 2.91. The van der Waals surface area contributed by atoms with E-state index in [2.05, 4.69) is 5.32 Å². The molecule has 0 bridgehead atoms. The van der Waals surface area contributed by atoms with Crippen LogP contribution in [0.4, 0.5) is 0 Å². The van der Waals surface area contributed by atoms with E-state index in [-0.39, 0.29) is 0 Å². The van der Waals surface area contributed by atoms with Gasteiger partial charge in [0.15, 0.2) is 0 Å². The van der Waals surface area contributed by atoms with Gasteiger partial charge in [-0.05, 0) is 50.6 Å². The summed E-state index contributed by atoms with van der Waals surface area (Å²) in [6.07, 6.45) is 5.21. The summed E-state index contributed by atoms with van der Waals surface area (Å²) in [6.45, 7) is 4.84. The maximum atomic E-state index is 12.0. The van der Waals surface area contributed by atoms with Gasteiger partial charge in [-0.2, -0.15) is 0 Å². The Hall–Kier alpha value is -0.610. The summed E-state index contributed by atoms with van der Waals surface area (Å²) in [5.74, 6) is 1.67. The second-order valence-corrected chi connectivity index (χ2v) is 5.73. The molecule has 0 saturated carbocycles. The number of nitrogens with one attached hydrogen (secondary N) is 1. The van der Waals surface area contributed by atoms with Crippen molar-refractivity contribution in [2.45, 2.75) is 32.1 Å². The van der Waals surface area contributed by atoms with Gasteiger partial charge in [-0.25, -0.2) is 0 Å². The first-order valence-corrected chi connectivity index (χ1v) is 7.28. The fraction of sp³-hybridized carbons (Fsp3) is 0.929. The second-order valence-electron chi connectivity index (χ2n) is 5.73. The Kier molecular flexibility index (Phi) is 5.45. The Labute approximate surface area is 110 Å². The molecule has 2 heterocycles. The van der Waals surface area contributed by atoms with E-state index in [4.69, 9.17) is 4.74 Å². The van der Waals surface area contributed by atoms with Crippen molar-refractivity contribution in [2.75, 3.05) is 39.9 Å². The van der Waals surface area contributed by atoms with E-state index >= 15 is 0 Å². The lowest BCUT2D eigenvalue weighted by Gasteiger charge is -2.24. The molecule has 0 aromatic carbocycles. The lowest BCUT2D eigenvalue weighted by molar-refractivity contribution is -0.130. The van der Waals surface area contributed by atoms with E-state index in [9.17, 15) is 4.79 Å². The van der Waals surface area contributed by atoms with E-state index in [1.54, 1.807) is 0 Å². The molecule has 0 radical (unpaired) electrons. The molecule has 4 heteroatoms. The summed E-state index contributed by atoms with van der Waals surface area (Å²) >= 11 is 0. The van der Waals surface area contributed by atoms with Crippen LogP contribution in [0, 0.1) is 11.8 Å². The molecule has 104 valence electrons. The maximum Gasteiger partial charge on any atom is 0.222 e. The summed E-state index contributed by atoms with van der Waals surface area (Å²) in [6, 6.07) is 0. The standard InChI is InChI=1S/C14H26N2O2/c1-16(11-13-4-7-15-10-13)14(17)3-2-12-5-8-18-9-6-12/h12-13,15H,2-11H2,1H3. The first-order chi connectivity index (χ1) is 8.75. The van der Waals surface area contributed by atoms with Gasteiger partial charge in [-0.15, -0.1) is 0 Å². The van der Waals surface area contributed by atoms with Crippen LogP contribution in [0.1, 0.15) is 32.1 Å². The number of carbonyl (C=O) groups is 1. The molecule has 0 aromatic heterocycles. The van der Waals surface area contributed by atoms with Crippen LogP contribution in [0.2, 0.25) is 0 Å². The zero-order valence-electron chi connectivity index (χ0n) is 11.5. The summed E-state index contributed by atoms with van der Waals surface area (Å²) in [5.41, 5.74) is 0. The van der Waals surface area contributed by atoms with E-state index in [0.717, 1.165) is 52.1 Å². The Balaban J connectivity index is 1.63. The predicted octanol–water partition coefficient (Wildman–Crippen LogP) is 1.26. The Morgan fingerprint density at radius 1 is 1.28 bits per heavy atom. The van der Waals surface area contributed by atoms with Crippen LogP contribution in [-0.2, 0) is 9.53 Å². The van der Waals surface area contributed by atoms with Crippen molar-refractivity contribution in [1.29, 1.82) is 0 Å². The largest absolute Gasteiger partial charge is 0.381 e. The zero-order chi connectivity index (χ0) is 12.8. The third-order valence-electron chi connectivity index (χ3n) is 4.23. The van der Waals surface area contributed by atoms with E-state index in [1.807, 2.05) is 11.9 Å². The molecule has 18 heavy (non-hydrogen) atoms. The van der Waals surface area contributed by atoms with Crippen LogP contribution in [0.3, 0.4) is 0 Å². The highest BCUT2D eigenvalue weighted by Gasteiger charge is 2.20. The first-order valence-electron chi connectivity index (χ1n) is 7.28. The van der Waals surface area contributed by atoms with Crippen molar-refractivity contribution in [2.24, 2.45) is 11.8 Å². The van der Waals surface area contributed by atoms with Gasteiger partial charge in [-0.1, -0.05) is 0 Å². The Morgan fingerprint density at radius 2 is 2.06 bits per heavy atom. The molecular formula is C14H26N2O2. The van der Waals surface area contributed by atoms with Gasteiger partial charge in [0, 0.05) is 33.2 Å². The average molecular weight is 254 g/mol. The van der Waals surface area contributed by atoms with Crippen molar-refractivity contribution in [3.63, 3.8) is 0 Å². The Morgan fingerprint density at radius 3 is 2.72 bits per heavy atom. The van der Waals surface area contributed by atoms with Crippen molar-refractivity contribution in [3.8, 4) is 0 Å². The molecule has 2 fully saturated rings. The molecule has 2 aliphatic heterocycles. The number of ether oxygens (including phenoxy) is 1. The van der Waals surface area contributed by atoms with Gasteiger partial charge >= 0.3 is 0 Å². The van der Waals surface area contributed by atoms with E-state index < -0.39 is 0 Å². The molecule has 2 rings (SSSR count). The van der Waals surface area contributed by atoms with Crippen molar-refractivity contribution in [3.05, 3.63) is 0 Å². The van der Waals surface area contributed by atoms with Gasteiger partial charge in [-0.3, -0.25) is 4.79 Å². The van der Waals surface area contributed by atoms with Crippen LogP contribution in [0.25, 0.3) is 0 Å². The van der Waals surface area contributed by atoms with Crippen molar-refractivity contribution >= 4 is 5.91 Å². The SMILES string of the molecule is CN(CC1CCNC1)C(=O)CCC1CCOCC1. The minimum absolute atomic E-state index is 0.313. The minimum Gasteiger partial charge on any atom is -0.381 e. The number of hydrogen-bond acceptors (Lipinski definition) is 3. The normalized spacial score (nSPS) is 25.3. The number of amides is 1. The molecule has 1 atom stereocenters. The molecular weight excluding hydrogens is 228 g/mol. The number of nitrogens with zero attached hydrogens (tertiary/aromatic N) is 1. The molecule has 2 saturated heterocycles. The van der Waals surface area contributed by atoms with Crippen LogP contribution in [-0.4, -0.2) is 50.7 Å². The first kappa shape index (κ1) is 13.8. The third kappa shape index (κ3) is 4.25. The molecule has 2 aliphatic rings. The van der Waals surface area contributed by atoms with Gasteiger partial charge in [0.25, 0.3) is 0 Å². The lowest BCUT2D eigenvalue weighted by atomic mass is 9.94. The smallest absolute Gasteiger partial charge is 0.222 e. The topological polar surface area (TPSA) is 41.6 Å². The fourth-order valence-electron chi connectivity index (χ4n) is 2.91. The van der Waals surface area contributed by atoms with Gasteiger partial charge in [0.2, 0.25) is 5.91 Å². The zero-order valence-corrected chi connectivity index (χ0v) is 11.5. The second kappa shape index (κ2) is 7.10. The number of hydrogen-bond donors (Lipinski definition) is 1. The van der Waals surface area contributed by atoms with Gasteiger partial charge in [0.05, 0.1) is 0 Å². The molecule has 0 spiro atoms. The van der Waals surface area contributed by atoms with Crippen molar-refractivity contribution in [1.82, 2.24) is 10.2 Å². The maximum absolute atomic E-state index is 12.0. The molecule has 0 aliphatic carbocycles. The highest BCUT2D eigenvalue weighted by atomic mass is 16.5. The number of carbonyl (C=O) groups excluding carboxylic acids is 1. The average Bonchev–Trinajstić information content (AvgIpc) is 2.90. The minimum atomic E-state index is 0.313. The van der Waals surface area contributed by atoms with Crippen LogP contribution in [0.5, 0.6) is 0 Å². The molecule has 4 nitrogen and oxygen atoms in total. The van der Waals surface area contributed by atoms with Crippen molar-refractivity contribution < 1.29 is 9.53 Å². The summed E-state index contributed by atoms with van der Waals surface area (Å²) < 4.78 is 5.34. The molecule has 1 N–H and O–H groups in total. The van der Waals surface area contributed by atoms with Crippen LogP contribution in [0.15, 0.2) is 0 Å². The highest BCUT2D eigenvalue weighted by Crippen LogP contribution is 2.20. The lowest BCUT2D eigenvalue weighted by Crippen LogP contribution is -2.33. The molecule has 0 aromatic rings. The summed E-state index contributed by atoms with van der Waals surface area (Å²) in [5, 5.41) is 3.35. The monoisotopic (exact) mass is 254 g/mol. The number of rotatable bonds is 5. The predicted molar refractivity (Wildman–Crippen MR) is 71.4 cm³/mol. The highest BCUT2D eigenvalue weighted by molar-refractivity contribution is 5.75. The van der Waals surface area contributed by atoms with E-state index in [0.29, 0.717) is 24.2 Å².